The summed E-state index contributed by atoms with van der Waals surface area (Å²) in [5.74, 6) is 0.782. The van der Waals surface area contributed by atoms with E-state index in [-0.39, 0.29) is 31.1 Å². The molecule has 57 heavy (non-hydrogen) atoms. The van der Waals surface area contributed by atoms with Crippen LogP contribution in [-0.4, -0.2) is 39.0 Å². The van der Waals surface area contributed by atoms with Crippen molar-refractivity contribution in [3.63, 3.8) is 0 Å². The first kappa shape index (κ1) is 39.7. The molecule has 0 unspecified atom stereocenters. The van der Waals surface area contributed by atoms with Gasteiger partial charge in [-0.1, -0.05) is 139 Å². The number of amides is 2. The summed E-state index contributed by atoms with van der Waals surface area (Å²) in [5, 5.41) is 21.8. The van der Waals surface area contributed by atoms with Crippen LogP contribution in [0.1, 0.15) is 66.8 Å². The van der Waals surface area contributed by atoms with Gasteiger partial charge in [-0.3, -0.25) is 14.8 Å². The van der Waals surface area contributed by atoms with E-state index in [1.165, 1.54) is 11.8 Å². The van der Waals surface area contributed by atoms with Crippen LogP contribution in [0.2, 0.25) is 0 Å². The average Bonchev–Trinajstić information content (AvgIpc) is 3.71. The van der Waals surface area contributed by atoms with Crippen LogP contribution < -0.4 is 10.8 Å². The summed E-state index contributed by atoms with van der Waals surface area (Å²) in [6.07, 6.45) is 1.15. The smallest absolute Gasteiger partial charge is 0.256 e. The second-order valence-electron chi connectivity index (χ2n) is 13.9. The van der Waals surface area contributed by atoms with Gasteiger partial charge in [0, 0.05) is 48.3 Å². The summed E-state index contributed by atoms with van der Waals surface area (Å²) in [6, 6.07) is 44.1. The van der Waals surface area contributed by atoms with E-state index in [0.29, 0.717) is 43.2 Å². The maximum Gasteiger partial charge on any atom is 0.256 e. The number of nitrogens with zero attached hydrogens (tertiary/aromatic N) is 1. The first-order valence-corrected chi connectivity index (χ1v) is 20.1. The number of rotatable bonds is 16. The maximum absolute atomic E-state index is 12.4. The molecule has 11 heteroatoms. The van der Waals surface area contributed by atoms with Crippen LogP contribution in [-0.2, 0) is 32.2 Å². The van der Waals surface area contributed by atoms with Gasteiger partial charge in [-0.05, 0) is 46.7 Å². The van der Waals surface area contributed by atoms with E-state index in [2.05, 4.69) is 23.5 Å². The maximum atomic E-state index is 12.4. The summed E-state index contributed by atoms with van der Waals surface area (Å²) in [6.45, 7) is 0.363. The third-order valence-corrected chi connectivity index (χ3v) is 10.8. The summed E-state index contributed by atoms with van der Waals surface area (Å²) in [5.41, 5.74) is 10.1. The molecule has 0 aliphatic carbocycles. The Balaban J connectivity index is 1.04. The van der Waals surface area contributed by atoms with E-state index >= 15 is 0 Å². The van der Waals surface area contributed by atoms with E-state index in [4.69, 9.17) is 24.1 Å². The molecular formula is C46H45N3O7S. The first-order valence-electron chi connectivity index (χ1n) is 19.1. The van der Waals surface area contributed by atoms with Crippen molar-refractivity contribution in [3.8, 4) is 33.7 Å². The molecule has 2 amide bonds. The molecule has 0 bridgehead atoms. The van der Waals surface area contributed by atoms with Crippen LogP contribution in [0, 0.1) is 0 Å². The minimum atomic E-state index is -0.621. The van der Waals surface area contributed by atoms with Gasteiger partial charge in [0.1, 0.15) is 5.69 Å². The molecular weight excluding hydrogens is 739 g/mol. The van der Waals surface area contributed by atoms with Crippen molar-refractivity contribution in [2.75, 3.05) is 5.75 Å². The average molecular weight is 784 g/mol. The molecule has 1 aromatic heterocycles. The Kier molecular flexibility index (Phi) is 13.6. The first-order chi connectivity index (χ1) is 27.9. The molecule has 0 saturated carbocycles. The lowest BCUT2D eigenvalue weighted by Gasteiger charge is -2.36. The van der Waals surface area contributed by atoms with E-state index in [1.807, 2.05) is 115 Å². The zero-order valence-electron chi connectivity index (χ0n) is 31.4. The van der Waals surface area contributed by atoms with Gasteiger partial charge in [-0.2, -0.15) is 0 Å². The van der Waals surface area contributed by atoms with Gasteiger partial charge in [0.05, 0.1) is 18.8 Å². The van der Waals surface area contributed by atoms with Gasteiger partial charge >= 0.3 is 0 Å². The number of carbonyl (C=O) groups excluding carboxylic acids is 2. The highest BCUT2D eigenvalue weighted by atomic mass is 32.2. The predicted molar refractivity (Wildman–Crippen MR) is 219 cm³/mol. The molecule has 10 nitrogen and oxygen atoms in total. The zero-order valence-corrected chi connectivity index (χ0v) is 32.2. The SMILES string of the molecule is O=C(CCCCC(=O)NCc1cccc(-c2ccc([C@H]3O[C@@H](CSc4nc(-c5ccccc5)c(-c5ccccc5)o4)C[C@@H](c4ccc(CO)cc4)O3)cc2)c1)NO. The highest BCUT2D eigenvalue weighted by molar-refractivity contribution is 7.99. The summed E-state index contributed by atoms with van der Waals surface area (Å²) >= 11 is 1.52. The largest absolute Gasteiger partial charge is 0.431 e. The molecule has 2 heterocycles. The van der Waals surface area contributed by atoms with Crippen LogP contribution in [0.25, 0.3) is 33.7 Å². The molecule has 292 valence electrons. The van der Waals surface area contributed by atoms with Gasteiger partial charge in [0.15, 0.2) is 12.1 Å². The van der Waals surface area contributed by atoms with E-state index in [0.717, 1.165) is 56.0 Å². The number of thioether (sulfide) groups is 1. The Morgan fingerprint density at radius 2 is 1.37 bits per heavy atom. The Labute approximate surface area is 336 Å². The lowest BCUT2D eigenvalue weighted by Crippen LogP contribution is -2.31. The van der Waals surface area contributed by atoms with Crippen molar-refractivity contribution in [2.24, 2.45) is 0 Å². The highest BCUT2D eigenvalue weighted by Crippen LogP contribution is 2.41. The van der Waals surface area contributed by atoms with Crippen molar-refractivity contribution in [1.82, 2.24) is 15.8 Å². The van der Waals surface area contributed by atoms with Crippen LogP contribution in [0.15, 0.2) is 143 Å². The molecule has 1 fully saturated rings. The second-order valence-corrected chi connectivity index (χ2v) is 14.9. The normalized spacial score (nSPS) is 16.6. The third-order valence-electron chi connectivity index (χ3n) is 9.81. The monoisotopic (exact) mass is 783 g/mol. The number of aliphatic hydroxyl groups is 1. The van der Waals surface area contributed by atoms with E-state index in [9.17, 15) is 14.7 Å². The number of hydrogen-bond acceptors (Lipinski definition) is 9. The van der Waals surface area contributed by atoms with Crippen LogP contribution in [0.4, 0.5) is 0 Å². The topological polar surface area (TPSA) is 143 Å². The Bertz CT molecular complexity index is 2160. The fourth-order valence-corrected chi connectivity index (χ4v) is 7.58. The lowest BCUT2D eigenvalue weighted by atomic mass is 9.99. The molecule has 1 aliphatic heterocycles. The molecule has 3 atom stereocenters. The molecule has 0 radical (unpaired) electrons. The number of benzene rings is 5. The summed E-state index contributed by atoms with van der Waals surface area (Å²) < 4.78 is 19.7. The van der Waals surface area contributed by atoms with E-state index < -0.39 is 12.2 Å². The number of carbonyl (C=O) groups is 2. The summed E-state index contributed by atoms with van der Waals surface area (Å²) in [4.78, 5) is 28.5. The number of ether oxygens (including phenoxy) is 2. The molecule has 1 saturated heterocycles. The minimum absolute atomic E-state index is 0.0260. The zero-order chi connectivity index (χ0) is 39.4. The molecule has 6 aromatic rings. The predicted octanol–water partition coefficient (Wildman–Crippen LogP) is 9.19. The van der Waals surface area contributed by atoms with Crippen molar-refractivity contribution >= 4 is 23.6 Å². The number of hydrogen-bond donors (Lipinski definition) is 4. The standard InChI is InChI=1S/C46H45N3O7S/c50-29-31-18-20-34(21-19-31)40-27-39(30-57-46-48-43(35-11-3-1-4-12-35)44(56-46)36-13-5-2-6-14-36)54-45(55-40)37-24-22-33(23-25-37)38-15-9-10-32(26-38)28-47-41(51)16-7-8-17-42(52)49-53/h1-6,9-15,18-26,39-40,45,50,53H,7-8,16-17,27-30H2,(H,47,51)(H,49,52)/t39-,40+,45+/m1/s1. The van der Waals surface area contributed by atoms with Crippen molar-refractivity contribution in [1.29, 1.82) is 0 Å². The van der Waals surface area contributed by atoms with Crippen molar-refractivity contribution in [3.05, 3.63) is 156 Å². The quantitative estimate of drug-likeness (QED) is 0.0327. The molecule has 5 aromatic carbocycles. The van der Waals surface area contributed by atoms with Crippen LogP contribution >= 0.6 is 11.8 Å². The van der Waals surface area contributed by atoms with Crippen molar-refractivity contribution < 1.29 is 33.8 Å². The fraction of sp³-hybridized carbons (Fsp3) is 0.239. The minimum Gasteiger partial charge on any atom is -0.431 e. The van der Waals surface area contributed by atoms with Gasteiger partial charge in [-0.25, -0.2) is 10.5 Å². The molecule has 0 spiro atoms. The highest BCUT2D eigenvalue weighted by Gasteiger charge is 2.33. The Morgan fingerprint density at radius 1 is 0.702 bits per heavy atom. The fourth-order valence-electron chi connectivity index (χ4n) is 6.74. The number of unbranched alkanes of at least 4 members (excludes halogenated alkanes) is 1. The Hall–Kier alpha value is -5.56. The molecule has 4 N–H and O–H groups in total. The number of aliphatic hydroxyl groups excluding tert-OH is 1. The lowest BCUT2D eigenvalue weighted by molar-refractivity contribution is -0.245. The van der Waals surface area contributed by atoms with Gasteiger partial charge < -0.3 is 24.3 Å². The summed E-state index contributed by atoms with van der Waals surface area (Å²) in [7, 11) is 0. The van der Waals surface area contributed by atoms with Gasteiger partial charge in [0.25, 0.3) is 5.22 Å². The number of nitrogens with one attached hydrogen (secondary N) is 2. The van der Waals surface area contributed by atoms with E-state index in [1.54, 1.807) is 5.48 Å². The Morgan fingerprint density at radius 3 is 2.07 bits per heavy atom. The number of oxazole rings is 1. The van der Waals surface area contributed by atoms with Gasteiger partial charge in [-0.15, -0.1) is 0 Å². The van der Waals surface area contributed by atoms with Gasteiger partial charge in [0.2, 0.25) is 11.8 Å². The molecule has 7 rings (SSSR count). The van der Waals surface area contributed by atoms with Crippen LogP contribution in [0.3, 0.4) is 0 Å². The number of aromatic nitrogens is 1. The molecule has 1 aliphatic rings. The third kappa shape index (κ3) is 10.6. The number of hydroxylamine groups is 1. The van der Waals surface area contributed by atoms with Crippen molar-refractivity contribution in [2.45, 2.75) is 69.0 Å². The van der Waals surface area contributed by atoms with Crippen LogP contribution in [0.5, 0.6) is 0 Å². The second kappa shape index (κ2) is 19.5.